The van der Waals surface area contributed by atoms with E-state index in [1.54, 1.807) is 12.1 Å². The molecular weight excluding hydrogens is 433 g/mol. The van der Waals surface area contributed by atoms with Crippen LogP contribution in [0.2, 0.25) is 10.0 Å². The van der Waals surface area contributed by atoms with Crippen molar-refractivity contribution < 1.29 is 14.3 Å². The van der Waals surface area contributed by atoms with E-state index >= 15 is 0 Å². The van der Waals surface area contributed by atoms with Gasteiger partial charge in [0.05, 0.1) is 12.7 Å². The third-order valence-corrected chi connectivity index (χ3v) is 7.36. The van der Waals surface area contributed by atoms with Crippen LogP contribution in [0.25, 0.3) is 11.1 Å². The first-order valence-electron chi connectivity index (χ1n) is 10.9. The van der Waals surface area contributed by atoms with Gasteiger partial charge in [-0.25, -0.2) is 4.79 Å². The SMILES string of the molecule is COC(=O)c1ccc(-c2cc(Cl)c(C(C3CCCCC3)C3CCNC3=O)c(Cl)c2)cc1. The van der Waals surface area contributed by atoms with Crippen LogP contribution in [0.1, 0.15) is 60.4 Å². The van der Waals surface area contributed by atoms with Crippen LogP contribution in [0.4, 0.5) is 0 Å². The largest absolute Gasteiger partial charge is 0.465 e. The van der Waals surface area contributed by atoms with E-state index in [1.165, 1.54) is 26.4 Å². The van der Waals surface area contributed by atoms with E-state index in [4.69, 9.17) is 27.9 Å². The predicted octanol–water partition coefficient (Wildman–Crippen LogP) is 6.25. The molecule has 4 rings (SSSR count). The van der Waals surface area contributed by atoms with Crippen molar-refractivity contribution in [3.05, 3.63) is 57.6 Å². The van der Waals surface area contributed by atoms with Crippen LogP contribution in [0, 0.1) is 11.8 Å². The molecule has 2 unspecified atom stereocenters. The molecule has 2 fully saturated rings. The molecule has 1 aliphatic carbocycles. The van der Waals surface area contributed by atoms with Crippen molar-refractivity contribution in [2.45, 2.75) is 44.4 Å². The number of carbonyl (C=O) groups excluding carboxylic acids is 2. The van der Waals surface area contributed by atoms with Crippen LogP contribution < -0.4 is 5.32 Å². The maximum absolute atomic E-state index is 12.6. The molecule has 1 saturated heterocycles. The van der Waals surface area contributed by atoms with Crippen LogP contribution in [0.5, 0.6) is 0 Å². The zero-order valence-electron chi connectivity index (χ0n) is 17.6. The van der Waals surface area contributed by atoms with Gasteiger partial charge in [-0.2, -0.15) is 0 Å². The Morgan fingerprint density at radius 3 is 2.19 bits per heavy atom. The van der Waals surface area contributed by atoms with Crippen LogP contribution in [-0.4, -0.2) is 25.5 Å². The summed E-state index contributed by atoms with van der Waals surface area (Å²) in [6.45, 7) is 0.715. The first kappa shape index (κ1) is 22.2. The average molecular weight is 460 g/mol. The van der Waals surface area contributed by atoms with Gasteiger partial charge >= 0.3 is 5.97 Å². The summed E-state index contributed by atoms with van der Waals surface area (Å²) in [5, 5.41) is 4.20. The second kappa shape index (κ2) is 9.62. The minimum Gasteiger partial charge on any atom is -0.465 e. The van der Waals surface area contributed by atoms with E-state index in [1.807, 2.05) is 24.3 Å². The van der Waals surface area contributed by atoms with Crippen molar-refractivity contribution in [3.8, 4) is 11.1 Å². The number of amides is 1. The highest BCUT2D eigenvalue weighted by molar-refractivity contribution is 6.36. The monoisotopic (exact) mass is 459 g/mol. The van der Waals surface area contributed by atoms with Gasteiger partial charge < -0.3 is 10.1 Å². The number of benzene rings is 2. The molecule has 164 valence electrons. The fourth-order valence-electron chi connectivity index (χ4n) is 5.20. The Kier molecular flexibility index (Phi) is 6.88. The number of methoxy groups -OCH3 is 1. The number of carbonyl (C=O) groups is 2. The lowest BCUT2D eigenvalue weighted by Gasteiger charge is -2.34. The lowest BCUT2D eigenvalue weighted by atomic mass is 9.70. The Morgan fingerprint density at radius 2 is 1.65 bits per heavy atom. The number of halogens is 2. The minimum absolute atomic E-state index is 0.0403. The fourth-order valence-corrected chi connectivity index (χ4v) is 5.94. The lowest BCUT2D eigenvalue weighted by molar-refractivity contribution is -0.123. The van der Waals surface area contributed by atoms with Gasteiger partial charge in [-0.3, -0.25) is 4.79 Å². The molecule has 1 N–H and O–H groups in total. The Morgan fingerprint density at radius 1 is 1.00 bits per heavy atom. The molecule has 2 atom stereocenters. The van der Waals surface area contributed by atoms with Crippen molar-refractivity contribution >= 4 is 35.1 Å². The number of ether oxygens (including phenoxy) is 1. The van der Waals surface area contributed by atoms with Crippen molar-refractivity contribution in [1.82, 2.24) is 5.32 Å². The molecule has 1 aliphatic heterocycles. The fraction of sp³-hybridized carbons (Fsp3) is 0.440. The minimum atomic E-state index is -0.372. The number of nitrogens with one attached hydrogen (secondary N) is 1. The molecule has 1 saturated carbocycles. The summed E-state index contributed by atoms with van der Waals surface area (Å²) >= 11 is 13.7. The highest BCUT2D eigenvalue weighted by Gasteiger charge is 2.40. The Balaban J connectivity index is 1.70. The van der Waals surface area contributed by atoms with Crippen molar-refractivity contribution in [2.24, 2.45) is 11.8 Å². The number of hydrogen-bond donors (Lipinski definition) is 1. The van der Waals surface area contributed by atoms with Crippen LogP contribution in [-0.2, 0) is 9.53 Å². The Bertz CT molecular complexity index is 944. The highest BCUT2D eigenvalue weighted by Crippen LogP contribution is 2.48. The molecule has 4 nitrogen and oxygen atoms in total. The van der Waals surface area contributed by atoms with Gasteiger partial charge in [0.1, 0.15) is 0 Å². The maximum atomic E-state index is 12.6. The first-order valence-corrected chi connectivity index (χ1v) is 11.7. The summed E-state index contributed by atoms with van der Waals surface area (Å²) in [6.07, 6.45) is 6.67. The standard InChI is InChI=1S/C25H27Cl2NO3/c1-31-25(30)17-9-7-15(8-10-17)18-13-20(26)23(21(27)14-18)22(16-5-3-2-4-6-16)19-11-12-28-24(19)29/h7-10,13-14,16,19,22H,2-6,11-12H2,1H3,(H,28,29). The molecule has 0 spiro atoms. The molecule has 0 bridgehead atoms. The highest BCUT2D eigenvalue weighted by atomic mass is 35.5. The van der Waals surface area contributed by atoms with Crippen LogP contribution >= 0.6 is 23.2 Å². The smallest absolute Gasteiger partial charge is 0.337 e. The van der Waals surface area contributed by atoms with Gasteiger partial charge in [0, 0.05) is 28.4 Å². The van der Waals surface area contributed by atoms with E-state index in [2.05, 4.69) is 5.32 Å². The van der Waals surface area contributed by atoms with E-state index in [9.17, 15) is 9.59 Å². The molecule has 2 aromatic carbocycles. The second-order valence-corrected chi connectivity index (χ2v) is 9.35. The molecule has 2 aliphatic rings. The molecule has 2 aromatic rings. The zero-order chi connectivity index (χ0) is 22.0. The van der Waals surface area contributed by atoms with Gasteiger partial charge in [-0.05, 0) is 66.1 Å². The number of rotatable bonds is 5. The molecule has 0 aromatic heterocycles. The quantitative estimate of drug-likeness (QED) is 0.537. The van der Waals surface area contributed by atoms with Crippen molar-refractivity contribution in [1.29, 1.82) is 0 Å². The maximum Gasteiger partial charge on any atom is 0.337 e. The summed E-state index contributed by atoms with van der Waals surface area (Å²) in [6, 6.07) is 11.0. The molecule has 31 heavy (non-hydrogen) atoms. The predicted molar refractivity (Wildman–Crippen MR) is 124 cm³/mol. The summed E-state index contributed by atoms with van der Waals surface area (Å²) in [5.74, 6) is 0.123. The van der Waals surface area contributed by atoms with Crippen molar-refractivity contribution in [2.75, 3.05) is 13.7 Å². The zero-order valence-corrected chi connectivity index (χ0v) is 19.1. The summed E-state index contributed by atoms with van der Waals surface area (Å²) in [4.78, 5) is 24.3. The molecule has 0 radical (unpaired) electrons. The first-order chi connectivity index (χ1) is 15.0. The molecule has 6 heteroatoms. The summed E-state index contributed by atoms with van der Waals surface area (Å²) < 4.78 is 4.76. The third-order valence-electron chi connectivity index (χ3n) is 6.73. The average Bonchev–Trinajstić information content (AvgIpc) is 3.21. The second-order valence-electron chi connectivity index (χ2n) is 8.53. The van der Waals surface area contributed by atoms with Gasteiger partial charge in [0.2, 0.25) is 5.91 Å². The van der Waals surface area contributed by atoms with Gasteiger partial charge in [-0.1, -0.05) is 54.6 Å². The van der Waals surface area contributed by atoms with E-state index in [-0.39, 0.29) is 23.7 Å². The van der Waals surface area contributed by atoms with Gasteiger partial charge in [0.15, 0.2) is 0 Å². The van der Waals surface area contributed by atoms with E-state index < -0.39 is 0 Å². The summed E-state index contributed by atoms with van der Waals surface area (Å²) in [7, 11) is 1.36. The lowest BCUT2D eigenvalue weighted by Crippen LogP contribution is -2.30. The molecule has 1 heterocycles. The third kappa shape index (κ3) is 4.61. The number of hydrogen-bond acceptors (Lipinski definition) is 3. The van der Waals surface area contributed by atoms with Crippen LogP contribution in [0.15, 0.2) is 36.4 Å². The number of esters is 1. The van der Waals surface area contributed by atoms with Gasteiger partial charge in [0.25, 0.3) is 0 Å². The van der Waals surface area contributed by atoms with Crippen molar-refractivity contribution in [3.63, 3.8) is 0 Å². The topological polar surface area (TPSA) is 55.4 Å². The molecular formula is C25H27Cl2NO3. The van der Waals surface area contributed by atoms with E-state index in [0.29, 0.717) is 28.1 Å². The van der Waals surface area contributed by atoms with E-state index in [0.717, 1.165) is 36.0 Å². The van der Waals surface area contributed by atoms with Crippen LogP contribution in [0.3, 0.4) is 0 Å². The Labute approximate surface area is 193 Å². The summed E-state index contributed by atoms with van der Waals surface area (Å²) in [5.41, 5.74) is 3.20. The van der Waals surface area contributed by atoms with Gasteiger partial charge in [-0.15, -0.1) is 0 Å². The normalized spacial score (nSPS) is 20.4. The molecule has 1 amide bonds. The Hall–Kier alpha value is -2.04.